The van der Waals surface area contributed by atoms with Crippen LogP contribution in [0.2, 0.25) is 0 Å². The summed E-state index contributed by atoms with van der Waals surface area (Å²) in [6.07, 6.45) is 1.48. The lowest BCUT2D eigenvalue weighted by Crippen LogP contribution is -2.15. The molecule has 1 aliphatic rings. The van der Waals surface area contributed by atoms with Gasteiger partial charge in [-0.2, -0.15) is 0 Å². The summed E-state index contributed by atoms with van der Waals surface area (Å²) in [5, 5.41) is 19.4. The number of methoxy groups -OCH3 is 1. The van der Waals surface area contributed by atoms with Crippen LogP contribution < -0.4 is 14.2 Å². The summed E-state index contributed by atoms with van der Waals surface area (Å²) in [5.74, 6) is 0.295. The third kappa shape index (κ3) is 3.12. The summed E-state index contributed by atoms with van der Waals surface area (Å²) < 4.78 is 15.9. The average molecular weight is 328 g/mol. The van der Waals surface area contributed by atoms with Crippen LogP contribution in [-0.2, 0) is 4.79 Å². The molecule has 0 spiro atoms. The lowest BCUT2D eigenvalue weighted by Gasteiger charge is -2.19. The molecule has 0 saturated heterocycles. The zero-order chi connectivity index (χ0) is 17.1. The van der Waals surface area contributed by atoms with Gasteiger partial charge in [0.05, 0.1) is 12.7 Å². The molecule has 0 aromatic heterocycles. The van der Waals surface area contributed by atoms with E-state index < -0.39 is 5.97 Å². The summed E-state index contributed by atoms with van der Waals surface area (Å²) in [4.78, 5) is 11.7. The second-order valence-electron chi connectivity index (χ2n) is 5.15. The van der Waals surface area contributed by atoms with Crippen molar-refractivity contribution < 1.29 is 29.2 Å². The average Bonchev–Trinajstić information content (AvgIpc) is 2.59. The van der Waals surface area contributed by atoms with Gasteiger partial charge in [0, 0.05) is 0 Å². The molecule has 3 rings (SSSR count). The molecule has 0 atom stereocenters. The number of phenols is 1. The Kier molecular flexibility index (Phi) is 4.29. The van der Waals surface area contributed by atoms with E-state index in [9.17, 15) is 15.0 Å². The van der Waals surface area contributed by atoms with Crippen molar-refractivity contribution in [3.8, 4) is 23.0 Å². The molecule has 2 aromatic rings. The first kappa shape index (κ1) is 15.7. The van der Waals surface area contributed by atoms with Crippen molar-refractivity contribution in [2.24, 2.45) is 0 Å². The third-order valence-corrected chi connectivity index (χ3v) is 3.60. The van der Waals surface area contributed by atoms with Gasteiger partial charge in [-0.05, 0) is 41.5 Å². The van der Waals surface area contributed by atoms with Crippen LogP contribution in [0.4, 0.5) is 0 Å². The van der Waals surface area contributed by atoms with Gasteiger partial charge in [0.15, 0.2) is 23.0 Å². The van der Waals surface area contributed by atoms with Gasteiger partial charge in [0.1, 0.15) is 13.2 Å². The summed E-state index contributed by atoms with van der Waals surface area (Å²) in [5.41, 5.74) is 1.11. The molecule has 2 aromatic carbocycles. The zero-order valence-corrected chi connectivity index (χ0v) is 13.0. The molecule has 124 valence electrons. The fourth-order valence-electron chi connectivity index (χ4n) is 2.44. The van der Waals surface area contributed by atoms with Gasteiger partial charge >= 0.3 is 5.97 Å². The SMILES string of the molecule is COc1ccc(/C=C(\C(=O)O)c2ccc3c(c2)OCCO3)cc1O. The van der Waals surface area contributed by atoms with Crippen LogP contribution in [0.3, 0.4) is 0 Å². The largest absolute Gasteiger partial charge is 0.504 e. The highest BCUT2D eigenvalue weighted by atomic mass is 16.6. The van der Waals surface area contributed by atoms with Gasteiger partial charge in [-0.1, -0.05) is 12.1 Å². The molecule has 0 unspecified atom stereocenters. The first-order valence-electron chi connectivity index (χ1n) is 7.30. The highest BCUT2D eigenvalue weighted by Gasteiger charge is 2.17. The number of hydrogen-bond donors (Lipinski definition) is 2. The number of benzene rings is 2. The van der Waals surface area contributed by atoms with Crippen LogP contribution in [0.5, 0.6) is 23.0 Å². The second-order valence-corrected chi connectivity index (χ2v) is 5.15. The van der Waals surface area contributed by atoms with E-state index in [2.05, 4.69) is 0 Å². The van der Waals surface area contributed by atoms with Crippen molar-refractivity contribution in [1.29, 1.82) is 0 Å². The van der Waals surface area contributed by atoms with E-state index in [-0.39, 0.29) is 11.3 Å². The monoisotopic (exact) mass is 328 g/mol. The van der Waals surface area contributed by atoms with Crippen LogP contribution >= 0.6 is 0 Å². The number of aromatic hydroxyl groups is 1. The number of phenolic OH excluding ortho intramolecular Hbond substituents is 1. The van der Waals surface area contributed by atoms with E-state index in [1.165, 1.54) is 19.3 Å². The number of carboxylic acid groups (broad SMARTS) is 1. The van der Waals surface area contributed by atoms with Crippen molar-refractivity contribution in [3.63, 3.8) is 0 Å². The van der Waals surface area contributed by atoms with Crippen molar-refractivity contribution in [1.82, 2.24) is 0 Å². The number of hydrogen-bond acceptors (Lipinski definition) is 5. The van der Waals surface area contributed by atoms with Gasteiger partial charge in [0.25, 0.3) is 0 Å². The molecule has 1 heterocycles. The zero-order valence-electron chi connectivity index (χ0n) is 13.0. The normalized spacial score (nSPS) is 13.5. The Morgan fingerprint density at radius 3 is 2.54 bits per heavy atom. The third-order valence-electron chi connectivity index (χ3n) is 3.60. The summed E-state index contributed by atoms with van der Waals surface area (Å²) in [6.45, 7) is 0.897. The Morgan fingerprint density at radius 1 is 1.12 bits per heavy atom. The molecular formula is C18H16O6. The Labute approximate surface area is 138 Å². The molecule has 6 nitrogen and oxygen atoms in total. The number of carbonyl (C=O) groups is 1. The predicted molar refractivity (Wildman–Crippen MR) is 87.6 cm³/mol. The van der Waals surface area contributed by atoms with Gasteiger partial charge in [-0.15, -0.1) is 0 Å². The number of aliphatic carboxylic acids is 1. The Hall–Kier alpha value is -3.15. The fraction of sp³-hybridized carbons (Fsp3) is 0.167. The van der Waals surface area contributed by atoms with Crippen molar-refractivity contribution in [2.75, 3.05) is 20.3 Å². The summed E-state index contributed by atoms with van der Waals surface area (Å²) in [7, 11) is 1.45. The second kappa shape index (κ2) is 6.54. The maximum absolute atomic E-state index is 11.7. The van der Waals surface area contributed by atoms with E-state index in [4.69, 9.17) is 14.2 Å². The van der Waals surface area contributed by atoms with Crippen LogP contribution in [-0.4, -0.2) is 36.5 Å². The van der Waals surface area contributed by atoms with Crippen LogP contribution in [0, 0.1) is 0 Å². The summed E-state index contributed by atoms with van der Waals surface area (Å²) >= 11 is 0. The highest BCUT2D eigenvalue weighted by molar-refractivity contribution is 6.20. The molecule has 0 radical (unpaired) electrons. The van der Waals surface area contributed by atoms with Crippen LogP contribution in [0.15, 0.2) is 36.4 Å². The first-order valence-corrected chi connectivity index (χ1v) is 7.30. The lowest BCUT2D eigenvalue weighted by atomic mass is 10.0. The van der Waals surface area contributed by atoms with E-state index >= 15 is 0 Å². The summed E-state index contributed by atoms with van der Waals surface area (Å²) in [6, 6.07) is 9.67. The molecule has 0 amide bonds. The Morgan fingerprint density at radius 2 is 1.88 bits per heavy atom. The fourth-order valence-corrected chi connectivity index (χ4v) is 2.44. The molecular weight excluding hydrogens is 312 g/mol. The topological polar surface area (TPSA) is 85.2 Å². The lowest BCUT2D eigenvalue weighted by molar-refractivity contribution is -0.130. The molecule has 2 N–H and O–H groups in total. The molecule has 0 fully saturated rings. The minimum absolute atomic E-state index is 0.0573. The van der Waals surface area contributed by atoms with Crippen LogP contribution in [0.25, 0.3) is 11.6 Å². The standard InChI is InChI=1S/C18H16O6/c1-22-15-4-2-11(9-14(15)19)8-13(18(20)21)12-3-5-16-17(10-12)24-7-6-23-16/h2-5,8-10,19H,6-7H2,1H3,(H,20,21)/b13-8-. The van der Waals surface area contributed by atoms with Crippen molar-refractivity contribution >= 4 is 17.6 Å². The maximum atomic E-state index is 11.7. The van der Waals surface area contributed by atoms with E-state index in [0.29, 0.717) is 41.6 Å². The molecule has 0 aliphatic carbocycles. The quantitative estimate of drug-likeness (QED) is 0.663. The number of fused-ring (bicyclic) bond motifs is 1. The van der Waals surface area contributed by atoms with Crippen molar-refractivity contribution in [2.45, 2.75) is 0 Å². The van der Waals surface area contributed by atoms with Crippen LogP contribution in [0.1, 0.15) is 11.1 Å². The van der Waals surface area contributed by atoms with Gasteiger partial charge in [-0.3, -0.25) is 0 Å². The first-order chi connectivity index (χ1) is 11.6. The smallest absolute Gasteiger partial charge is 0.336 e. The van der Waals surface area contributed by atoms with Gasteiger partial charge in [0.2, 0.25) is 0 Å². The minimum atomic E-state index is -1.08. The molecule has 6 heteroatoms. The van der Waals surface area contributed by atoms with E-state index in [0.717, 1.165) is 0 Å². The predicted octanol–water partition coefficient (Wildman–Crippen LogP) is 2.80. The van der Waals surface area contributed by atoms with E-state index in [1.807, 2.05) is 0 Å². The molecule has 0 saturated carbocycles. The number of ether oxygens (including phenoxy) is 3. The van der Waals surface area contributed by atoms with Gasteiger partial charge in [-0.25, -0.2) is 4.79 Å². The Bertz CT molecular complexity index is 809. The highest BCUT2D eigenvalue weighted by Crippen LogP contribution is 2.34. The molecule has 0 bridgehead atoms. The van der Waals surface area contributed by atoms with E-state index in [1.54, 1.807) is 30.3 Å². The molecule has 24 heavy (non-hydrogen) atoms. The Balaban J connectivity index is 2.01. The maximum Gasteiger partial charge on any atom is 0.336 e. The number of rotatable bonds is 4. The molecule has 1 aliphatic heterocycles. The number of carboxylic acids is 1. The van der Waals surface area contributed by atoms with Gasteiger partial charge < -0.3 is 24.4 Å². The van der Waals surface area contributed by atoms with Crippen molar-refractivity contribution in [3.05, 3.63) is 47.5 Å². The minimum Gasteiger partial charge on any atom is -0.504 e.